The Bertz CT molecular complexity index is 358. The Morgan fingerprint density at radius 1 is 1.25 bits per heavy atom. The molecule has 0 amide bonds. The monoisotopic (exact) mass is 237 g/mol. The molecule has 0 aliphatic heterocycles. The van der Waals surface area contributed by atoms with E-state index in [-0.39, 0.29) is 0 Å². The molecule has 0 heterocycles. The lowest BCUT2D eigenvalue weighted by Gasteiger charge is -2.20. The van der Waals surface area contributed by atoms with Crippen LogP contribution in [0.15, 0.2) is 18.2 Å². The van der Waals surface area contributed by atoms with E-state index in [1.54, 1.807) is 0 Å². The van der Waals surface area contributed by atoms with E-state index in [1.165, 1.54) is 24.0 Å². The Hall–Kier alpha value is -0.530. The van der Waals surface area contributed by atoms with E-state index in [0.29, 0.717) is 12.1 Å². The highest BCUT2D eigenvalue weighted by molar-refractivity contribution is 6.30. The van der Waals surface area contributed by atoms with Crippen molar-refractivity contribution in [3.8, 4) is 0 Å². The van der Waals surface area contributed by atoms with Crippen molar-refractivity contribution >= 4 is 11.6 Å². The van der Waals surface area contributed by atoms with Gasteiger partial charge in [0.05, 0.1) is 0 Å². The summed E-state index contributed by atoms with van der Waals surface area (Å²) in [5, 5.41) is 4.60. The first-order chi connectivity index (χ1) is 7.72. The normalized spacial score (nSPS) is 19.1. The van der Waals surface area contributed by atoms with Crippen LogP contribution in [0.25, 0.3) is 0 Å². The largest absolute Gasteiger partial charge is 0.311 e. The van der Waals surface area contributed by atoms with Crippen molar-refractivity contribution in [3.63, 3.8) is 0 Å². The first-order valence-electron chi connectivity index (χ1n) is 6.26. The third-order valence-electron chi connectivity index (χ3n) is 3.56. The van der Waals surface area contributed by atoms with E-state index in [2.05, 4.69) is 31.3 Å². The van der Waals surface area contributed by atoms with E-state index in [9.17, 15) is 0 Å². The van der Waals surface area contributed by atoms with Gasteiger partial charge in [0, 0.05) is 17.1 Å². The minimum Gasteiger partial charge on any atom is -0.311 e. The van der Waals surface area contributed by atoms with Gasteiger partial charge in [-0.25, -0.2) is 0 Å². The number of rotatable bonds is 4. The minimum atomic E-state index is 0.610. The smallest absolute Gasteiger partial charge is 0.0408 e. The summed E-state index contributed by atoms with van der Waals surface area (Å²) in [4.78, 5) is 0. The number of fused-ring (bicyclic) bond motifs is 1. The van der Waals surface area contributed by atoms with Gasteiger partial charge in [-0.2, -0.15) is 0 Å². The molecule has 0 aromatic heterocycles. The summed E-state index contributed by atoms with van der Waals surface area (Å²) in [7, 11) is 0. The van der Waals surface area contributed by atoms with Gasteiger partial charge in [0.25, 0.3) is 0 Å². The Balaban J connectivity index is 2.00. The van der Waals surface area contributed by atoms with Crippen LogP contribution >= 0.6 is 11.6 Å². The third kappa shape index (κ3) is 2.58. The van der Waals surface area contributed by atoms with Crippen LogP contribution in [0.1, 0.15) is 37.8 Å². The molecule has 0 saturated carbocycles. The lowest BCUT2D eigenvalue weighted by molar-refractivity contribution is 0.415. The molecule has 2 heteroatoms. The first kappa shape index (κ1) is 11.9. The summed E-state index contributed by atoms with van der Waals surface area (Å²) in [5.74, 6) is 0. The van der Waals surface area contributed by atoms with Crippen LogP contribution in [0.3, 0.4) is 0 Å². The molecule has 1 aromatic rings. The lowest BCUT2D eigenvalue weighted by atomic mass is 10.1. The van der Waals surface area contributed by atoms with Crippen LogP contribution in [0.4, 0.5) is 0 Å². The van der Waals surface area contributed by atoms with Crippen molar-refractivity contribution in [2.45, 2.75) is 51.6 Å². The lowest BCUT2D eigenvalue weighted by Crippen LogP contribution is -2.38. The topological polar surface area (TPSA) is 12.0 Å². The third-order valence-corrected chi connectivity index (χ3v) is 3.79. The van der Waals surface area contributed by atoms with Crippen LogP contribution in [-0.2, 0) is 12.8 Å². The van der Waals surface area contributed by atoms with E-state index in [1.807, 2.05) is 6.07 Å². The quantitative estimate of drug-likeness (QED) is 0.844. The van der Waals surface area contributed by atoms with Gasteiger partial charge in [-0.05, 0) is 48.9 Å². The zero-order chi connectivity index (χ0) is 11.5. The molecule has 1 aromatic carbocycles. The molecule has 0 fully saturated rings. The molecule has 0 radical (unpaired) electrons. The highest BCUT2D eigenvalue weighted by atomic mass is 35.5. The molecular weight excluding hydrogens is 218 g/mol. The van der Waals surface area contributed by atoms with Crippen molar-refractivity contribution < 1.29 is 0 Å². The van der Waals surface area contributed by atoms with Crippen LogP contribution < -0.4 is 5.32 Å². The van der Waals surface area contributed by atoms with Gasteiger partial charge in [0.2, 0.25) is 0 Å². The average molecular weight is 238 g/mol. The maximum Gasteiger partial charge on any atom is 0.0408 e. The van der Waals surface area contributed by atoms with Crippen LogP contribution in [-0.4, -0.2) is 12.1 Å². The van der Waals surface area contributed by atoms with Gasteiger partial charge in [0.15, 0.2) is 0 Å². The van der Waals surface area contributed by atoms with Gasteiger partial charge in [0.1, 0.15) is 0 Å². The van der Waals surface area contributed by atoms with Crippen molar-refractivity contribution in [3.05, 3.63) is 34.3 Å². The molecule has 1 atom stereocenters. The van der Waals surface area contributed by atoms with Crippen molar-refractivity contribution in [2.24, 2.45) is 0 Å². The minimum absolute atomic E-state index is 0.610. The number of hydrogen-bond acceptors (Lipinski definition) is 1. The molecule has 1 aliphatic rings. The number of benzene rings is 1. The van der Waals surface area contributed by atoms with E-state index >= 15 is 0 Å². The molecule has 0 bridgehead atoms. The van der Waals surface area contributed by atoms with Crippen LogP contribution in [0, 0.1) is 0 Å². The summed E-state index contributed by atoms with van der Waals surface area (Å²) < 4.78 is 0. The molecule has 16 heavy (non-hydrogen) atoms. The van der Waals surface area contributed by atoms with Gasteiger partial charge in [-0.3, -0.25) is 0 Å². The number of nitrogens with one attached hydrogen (secondary N) is 1. The second-order valence-electron chi connectivity index (χ2n) is 4.70. The predicted molar refractivity (Wildman–Crippen MR) is 70.2 cm³/mol. The zero-order valence-corrected chi connectivity index (χ0v) is 10.8. The van der Waals surface area contributed by atoms with Crippen molar-refractivity contribution in [1.82, 2.24) is 5.32 Å². The number of hydrogen-bond donors (Lipinski definition) is 1. The van der Waals surface area contributed by atoms with Crippen molar-refractivity contribution in [2.75, 3.05) is 0 Å². The Morgan fingerprint density at radius 2 is 1.94 bits per heavy atom. The fraction of sp³-hybridized carbons (Fsp3) is 0.571. The Labute approximate surface area is 103 Å². The molecule has 2 rings (SSSR count). The molecule has 1 aliphatic carbocycles. The Morgan fingerprint density at radius 3 is 2.62 bits per heavy atom. The van der Waals surface area contributed by atoms with Crippen molar-refractivity contribution in [1.29, 1.82) is 0 Å². The average Bonchev–Trinajstić information content (AvgIpc) is 2.67. The summed E-state index contributed by atoms with van der Waals surface area (Å²) in [6, 6.07) is 7.56. The highest BCUT2D eigenvalue weighted by Gasteiger charge is 2.22. The molecule has 1 N–H and O–H groups in total. The summed E-state index contributed by atoms with van der Waals surface area (Å²) in [5.41, 5.74) is 2.89. The molecule has 1 nitrogen and oxygen atoms in total. The van der Waals surface area contributed by atoms with Gasteiger partial charge in [-0.15, -0.1) is 0 Å². The summed E-state index contributed by atoms with van der Waals surface area (Å²) in [6.07, 6.45) is 4.71. The van der Waals surface area contributed by atoms with Gasteiger partial charge < -0.3 is 5.32 Å². The molecule has 1 unspecified atom stereocenters. The van der Waals surface area contributed by atoms with E-state index < -0.39 is 0 Å². The summed E-state index contributed by atoms with van der Waals surface area (Å²) >= 11 is 6.01. The number of halogens is 1. The standard InChI is InChI=1S/C14H20ClN/c1-3-13(4-2)16-14-8-10-5-6-12(15)7-11(10)9-14/h5-7,13-14,16H,3-4,8-9H2,1-2H3. The maximum atomic E-state index is 6.01. The van der Waals surface area contributed by atoms with E-state index in [0.717, 1.165) is 17.9 Å². The fourth-order valence-electron chi connectivity index (χ4n) is 2.56. The Kier molecular flexibility index (Phi) is 3.88. The highest BCUT2D eigenvalue weighted by Crippen LogP contribution is 2.25. The first-order valence-corrected chi connectivity index (χ1v) is 6.64. The summed E-state index contributed by atoms with van der Waals surface area (Å²) in [6.45, 7) is 4.50. The zero-order valence-electron chi connectivity index (χ0n) is 10.1. The van der Waals surface area contributed by atoms with Gasteiger partial charge in [-0.1, -0.05) is 31.5 Å². The van der Waals surface area contributed by atoms with E-state index in [4.69, 9.17) is 11.6 Å². The second-order valence-corrected chi connectivity index (χ2v) is 5.13. The predicted octanol–water partition coefficient (Wildman–Crippen LogP) is 3.59. The molecule has 0 saturated heterocycles. The van der Waals surface area contributed by atoms with Crippen LogP contribution in [0.2, 0.25) is 5.02 Å². The van der Waals surface area contributed by atoms with Gasteiger partial charge >= 0.3 is 0 Å². The second kappa shape index (κ2) is 5.20. The maximum absolute atomic E-state index is 6.01. The molecule has 88 valence electrons. The van der Waals surface area contributed by atoms with Crippen LogP contribution in [0.5, 0.6) is 0 Å². The fourth-order valence-corrected chi connectivity index (χ4v) is 2.76. The SMILES string of the molecule is CCC(CC)NC1Cc2ccc(Cl)cc2C1. The molecular formula is C14H20ClN. The molecule has 0 spiro atoms.